The minimum atomic E-state index is 0. The molecule has 0 aromatic carbocycles. The van der Waals surface area contributed by atoms with E-state index >= 15 is 0 Å². The lowest BCUT2D eigenvalue weighted by molar-refractivity contribution is -0.137. The molecule has 0 atom stereocenters. The number of amides is 2. The largest absolute Gasteiger partial charge is 0.339 e. The fraction of sp³-hybridized carbons (Fsp3) is 0.600. The number of carbonyl (C=O) groups excluding carboxylic acids is 2. The molecule has 2 amide bonds. The molecule has 22 heavy (non-hydrogen) atoms. The molecule has 0 saturated carbocycles. The van der Waals surface area contributed by atoms with Crippen molar-refractivity contribution in [3.8, 4) is 0 Å². The molecular weight excluding hydrogens is 322 g/mol. The lowest BCUT2D eigenvalue weighted by Crippen LogP contribution is -2.52. The highest BCUT2D eigenvalue weighted by Crippen LogP contribution is 2.17. The third-order valence-corrected chi connectivity index (χ3v) is 5.02. The first-order valence-corrected chi connectivity index (χ1v) is 8.51. The summed E-state index contributed by atoms with van der Waals surface area (Å²) in [5, 5.41) is 7.09. The Bertz CT molecular complexity index is 495. The summed E-state index contributed by atoms with van der Waals surface area (Å²) in [6, 6.07) is 1.86. The molecular formula is C15H22ClN3O2S. The van der Waals surface area contributed by atoms with Gasteiger partial charge in [-0.1, -0.05) is 0 Å². The third kappa shape index (κ3) is 3.80. The van der Waals surface area contributed by atoms with E-state index in [1.165, 1.54) is 11.3 Å². The predicted molar refractivity (Wildman–Crippen MR) is 89.6 cm³/mol. The molecule has 7 heteroatoms. The molecule has 1 N–H and O–H groups in total. The van der Waals surface area contributed by atoms with Crippen molar-refractivity contribution >= 4 is 35.6 Å². The zero-order valence-electron chi connectivity index (χ0n) is 12.5. The van der Waals surface area contributed by atoms with Crippen LogP contribution in [0.3, 0.4) is 0 Å². The standard InChI is InChI=1S/C15H21N3O2S.ClH/c19-14(12-1-4-16-5-2-12)17-6-8-18(9-7-17)15(20)13-3-10-21-11-13;/h3,10-12,16H,1-2,4-9H2;1H. The molecule has 3 rings (SSSR count). The van der Waals surface area contributed by atoms with Crippen LogP contribution in [0.5, 0.6) is 0 Å². The monoisotopic (exact) mass is 343 g/mol. The second kappa shape index (κ2) is 7.94. The molecule has 2 aliphatic rings. The van der Waals surface area contributed by atoms with Gasteiger partial charge in [0.1, 0.15) is 0 Å². The quantitative estimate of drug-likeness (QED) is 0.884. The van der Waals surface area contributed by atoms with Crippen molar-refractivity contribution in [1.82, 2.24) is 15.1 Å². The molecule has 2 aliphatic heterocycles. The Labute approximate surface area is 141 Å². The van der Waals surface area contributed by atoms with Crippen molar-refractivity contribution in [3.05, 3.63) is 22.4 Å². The first-order valence-electron chi connectivity index (χ1n) is 7.56. The Morgan fingerprint density at radius 1 is 1.09 bits per heavy atom. The maximum absolute atomic E-state index is 12.5. The highest BCUT2D eigenvalue weighted by atomic mass is 35.5. The van der Waals surface area contributed by atoms with Gasteiger partial charge in [-0.25, -0.2) is 0 Å². The maximum atomic E-state index is 12.5. The van der Waals surface area contributed by atoms with Crippen LogP contribution in [0, 0.1) is 5.92 Å². The number of hydrogen-bond donors (Lipinski definition) is 1. The van der Waals surface area contributed by atoms with E-state index < -0.39 is 0 Å². The summed E-state index contributed by atoms with van der Waals surface area (Å²) in [4.78, 5) is 28.5. The normalized spacial score (nSPS) is 19.6. The molecule has 122 valence electrons. The van der Waals surface area contributed by atoms with E-state index in [9.17, 15) is 9.59 Å². The Morgan fingerprint density at radius 2 is 1.73 bits per heavy atom. The van der Waals surface area contributed by atoms with Gasteiger partial charge in [-0.2, -0.15) is 11.3 Å². The number of thiophene rings is 1. The molecule has 5 nitrogen and oxygen atoms in total. The number of carbonyl (C=O) groups is 2. The maximum Gasteiger partial charge on any atom is 0.254 e. The van der Waals surface area contributed by atoms with Crippen LogP contribution < -0.4 is 5.32 Å². The molecule has 2 saturated heterocycles. The van der Waals surface area contributed by atoms with Crippen LogP contribution in [0.1, 0.15) is 23.2 Å². The van der Waals surface area contributed by atoms with E-state index in [0.717, 1.165) is 31.5 Å². The van der Waals surface area contributed by atoms with Crippen molar-refractivity contribution in [3.63, 3.8) is 0 Å². The van der Waals surface area contributed by atoms with E-state index in [1.54, 1.807) is 0 Å². The van der Waals surface area contributed by atoms with Crippen molar-refractivity contribution < 1.29 is 9.59 Å². The van der Waals surface area contributed by atoms with Crippen molar-refractivity contribution in [1.29, 1.82) is 0 Å². The molecule has 2 fully saturated rings. The van der Waals surface area contributed by atoms with Crippen LogP contribution in [-0.2, 0) is 4.79 Å². The number of hydrogen-bond acceptors (Lipinski definition) is 4. The summed E-state index contributed by atoms with van der Waals surface area (Å²) in [7, 11) is 0. The third-order valence-electron chi connectivity index (χ3n) is 4.34. The predicted octanol–water partition coefficient (Wildman–Crippen LogP) is 1.45. The highest BCUT2D eigenvalue weighted by Gasteiger charge is 2.29. The van der Waals surface area contributed by atoms with Gasteiger partial charge in [-0.15, -0.1) is 12.4 Å². The van der Waals surface area contributed by atoms with Crippen LogP contribution in [0.15, 0.2) is 16.8 Å². The van der Waals surface area contributed by atoms with Crippen molar-refractivity contribution in [2.75, 3.05) is 39.3 Å². The van der Waals surface area contributed by atoms with Gasteiger partial charge >= 0.3 is 0 Å². The Hall–Kier alpha value is -1.11. The molecule has 1 aromatic rings. The zero-order chi connectivity index (χ0) is 14.7. The Morgan fingerprint density at radius 3 is 2.32 bits per heavy atom. The second-order valence-electron chi connectivity index (χ2n) is 5.65. The number of halogens is 1. The number of piperidine rings is 1. The zero-order valence-corrected chi connectivity index (χ0v) is 14.1. The average Bonchev–Trinajstić information content (AvgIpc) is 3.09. The fourth-order valence-corrected chi connectivity index (χ4v) is 3.66. The molecule has 0 radical (unpaired) electrons. The summed E-state index contributed by atoms with van der Waals surface area (Å²) < 4.78 is 0. The minimum Gasteiger partial charge on any atom is -0.339 e. The van der Waals surface area contributed by atoms with Gasteiger partial charge in [-0.3, -0.25) is 9.59 Å². The van der Waals surface area contributed by atoms with Gasteiger partial charge in [0, 0.05) is 37.5 Å². The Balaban J connectivity index is 0.00000176. The highest BCUT2D eigenvalue weighted by molar-refractivity contribution is 7.08. The first-order chi connectivity index (χ1) is 10.3. The van der Waals surface area contributed by atoms with E-state index in [0.29, 0.717) is 26.2 Å². The van der Waals surface area contributed by atoms with E-state index in [-0.39, 0.29) is 30.1 Å². The van der Waals surface area contributed by atoms with Crippen LogP contribution in [0.25, 0.3) is 0 Å². The average molecular weight is 344 g/mol. The molecule has 0 spiro atoms. The van der Waals surface area contributed by atoms with E-state index in [4.69, 9.17) is 0 Å². The summed E-state index contributed by atoms with van der Waals surface area (Å²) in [5.74, 6) is 0.537. The lowest BCUT2D eigenvalue weighted by Gasteiger charge is -2.37. The SMILES string of the molecule is Cl.O=C(c1ccsc1)N1CCN(C(=O)C2CCNCC2)CC1. The fourth-order valence-electron chi connectivity index (χ4n) is 3.03. The number of piperazine rings is 1. The van der Waals surface area contributed by atoms with Gasteiger partial charge in [0.05, 0.1) is 5.56 Å². The number of nitrogens with one attached hydrogen (secondary N) is 1. The summed E-state index contributed by atoms with van der Waals surface area (Å²) in [6.07, 6.45) is 1.87. The van der Waals surface area contributed by atoms with Crippen LogP contribution in [0.2, 0.25) is 0 Å². The molecule has 0 aliphatic carbocycles. The topological polar surface area (TPSA) is 52.7 Å². The van der Waals surface area contributed by atoms with Gasteiger partial charge < -0.3 is 15.1 Å². The smallest absolute Gasteiger partial charge is 0.254 e. The first kappa shape index (κ1) is 17.2. The van der Waals surface area contributed by atoms with Crippen molar-refractivity contribution in [2.45, 2.75) is 12.8 Å². The van der Waals surface area contributed by atoms with Crippen LogP contribution >= 0.6 is 23.7 Å². The van der Waals surface area contributed by atoms with E-state index in [1.807, 2.05) is 26.6 Å². The summed E-state index contributed by atoms with van der Waals surface area (Å²) in [5.41, 5.74) is 0.762. The lowest BCUT2D eigenvalue weighted by atomic mass is 9.96. The Kier molecular flexibility index (Phi) is 6.23. The second-order valence-corrected chi connectivity index (χ2v) is 6.43. The minimum absolute atomic E-state index is 0. The summed E-state index contributed by atoms with van der Waals surface area (Å²) >= 11 is 1.54. The molecule has 0 bridgehead atoms. The van der Waals surface area contributed by atoms with Gasteiger partial charge in [0.25, 0.3) is 5.91 Å². The molecule has 3 heterocycles. The van der Waals surface area contributed by atoms with Crippen LogP contribution in [-0.4, -0.2) is 60.9 Å². The van der Waals surface area contributed by atoms with Gasteiger partial charge in [0.2, 0.25) is 5.91 Å². The number of nitrogens with zero attached hydrogens (tertiary/aromatic N) is 2. The molecule has 0 unspecified atom stereocenters. The van der Waals surface area contributed by atoms with Crippen LogP contribution in [0.4, 0.5) is 0 Å². The van der Waals surface area contributed by atoms with Gasteiger partial charge in [-0.05, 0) is 37.4 Å². The number of rotatable bonds is 2. The van der Waals surface area contributed by atoms with E-state index in [2.05, 4.69) is 5.32 Å². The van der Waals surface area contributed by atoms with Crippen molar-refractivity contribution in [2.24, 2.45) is 5.92 Å². The molecule has 1 aromatic heterocycles. The summed E-state index contributed by atoms with van der Waals surface area (Å²) in [6.45, 7) is 4.49. The van der Waals surface area contributed by atoms with Gasteiger partial charge in [0.15, 0.2) is 0 Å².